The van der Waals surface area contributed by atoms with Gasteiger partial charge in [-0.3, -0.25) is 9.59 Å². The van der Waals surface area contributed by atoms with Crippen LogP contribution in [0.4, 0.5) is 9.59 Å². The van der Waals surface area contributed by atoms with Gasteiger partial charge in [-0.05, 0) is 148 Å². The van der Waals surface area contributed by atoms with Gasteiger partial charge in [-0.25, -0.2) is 9.59 Å². The van der Waals surface area contributed by atoms with Gasteiger partial charge in [0.05, 0.1) is 64.5 Å². The molecular formula is C54H78N4O14. The third kappa shape index (κ3) is 14.5. The lowest BCUT2D eigenvalue weighted by atomic mass is 10.0. The van der Waals surface area contributed by atoms with Crippen molar-refractivity contribution in [1.29, 1.82) is 0 Å². The second kappa shape index (κ2) is 24.2. The van der Waals surface area contributed by atoms with E-state index < -0.39 is 35.6 Å². The molecule has 18 heteroatoms. The van der Waals surface area contributed by atoms with Gasteiger partial charge >= 0.3 is 12.2 Å². The van der Waals surface area contributed by atoms with Crippen LogP contribution in [0.25, 0.3) is 11.0 Å². The molecule has 18 nitrogen and oxygen atoms in total. The lowest BCUT2D eigenvalue weighted by molar-refractivity contribution is -0.152. The van der Waals surface area contributed by atoms with Crippen LogP contribution in [0.2, 0.25) is 0 Å². The van der Waals surface area contributed by atoms with E-state index >= 15 is 0 Å². The predicted molar refractivity (Wildman–Crippen MR) is 267 cm³/mol. The summed E-state index contributed by atoms with van der Waals surface area (Å²) in [6, 6.07) is 9.84. The summed E-state index contributed by atoms with van der Waals surface area (Å²) in [7, 11) is 0. The SMILES string of the molecule is CC(c1cc(OCCCCO)c2occc2c1)N(C(=O)[C@H]1CN(C(=O)OC(C)(C)C)CCO1)C1CC1.CC(c1cc2c(c(OCCCCO)c1)OCC2)N(C(=O)[C@H]1CN(C(=O)OC(C)(C)C)CCO1)C1CC1. The Labute approximate surface area is 424 Å². The molecule has 0 radical (unpaired) electrons. The van der Waals surface area contributed by atoms with Crippen LogP contribution in [-0.4, -0.2) is 162 Å². The average Bonchev–Trinajstić information content (AvgIpc) is 4.26. The number of hydrogen-bond donors (Lipinski definition) is 2. The second-order valence-corrected chi connectivity index (χ2v) is 21.4. The minimum absolute atomic E-state index is 0.0968. The molecule has 8 rings (SSSR count). The Morgan fingerprint density at radius 2 is 1.17 bits per heavy atom. The van der Waals surface area contributed by atoms with E-state index in [1.807, 2.05) is 89.5 Å². The molecule has 1 aromatic heterocycles. The van der Waals surface area contributed by atoms with Gasteiger partial charge in [0.15, 0.2) is 35.0 Å². The fraction of sp³-hybridized carbons (Fsp3) is 0.667. The fourth-order valence-corrected chi connectivity index (χ4v) is 9.17. The van der Waals surface area contributed by atoms with Crippen molar-refractivity contribution >= 4 is 35.0 Å². The maximum Gasteiger partial charge on any atom is 0.410 e. The Kier molecular flexibility index (Phi) is 18.3. The van der Waals surface area contributed by atoms with E-state index in [-0.39, 0.29) is 68.9 Å². The molecule has 2 N–H and O–H groups in total. The topological polar surface area (TPSA) is 199 Å². The van der Waals surface area contributed by atoms with E-state index in [0.29, 0.717) is 69.4 Å². The van der Waals surface area contributed by atoms with E-state index in [0.717, 1.165) is 72.8 Å². The van der Waals surface area contributed by atoms with Gasteiger partial charge in [0.2, 0.25) is 0 Å². The van der Waals surface area contributed by atoms with Crippen LogP contribution >= 0.6 is 0 Å². The molecular weight excluding hydrogens is 929 g/mol. The number of hydrogen-bond acceptors (Lipinski definition) is 14. The predicted octanol–water partition coefficient (Wildman–Crippen LogP) is 7.73. The number of aliphatic hydroxyl groups excluding tert-OH is 2. The number of unbranched alkanes of at least 4 members (excludes halogenated alkanes) is 2. The van der Waals surface area contributed by atoms with Crippen molar-refractivity contribution in [3.05, 3.63) is 53.3 Å². The Balaban J connectivity index is 0.000000211. The lowest BCUT2D eigenvalue weighted by Gasteiger charge is -2.38. The molecule has 5 aliphatic rings. The summed E-state index contributed by atoms with van der Waals surface area (Å²) in [6.07, 6.45) is 6.77. The number of aliphatic hydroxyl groups is 2. The van der Waals surface area contributed by atoms with Gasteiger partial charge in [0.25, 0.3) is 11.8 Å². The fourth-order valence-electron chi connectivity index (χ4n) is 9.17. The van der Waals surface area contributed by atoms with Gasteiger partial charge in [0.1, 0.15) is 11.2 Å². The first-order chi connectivity index (χ1) is 34.3. The molecule has 0 spiro atoms. The quantitative estimate of drug-likeness (QED) is 0.117. The number of benzene rings is 2. The lowest BCUT2D eigenvalue weighted by Crippen LogP contribution is -2.54. The van der Waals surface area contributed by atoms with Crippen LogP contribution in [0.5, 0.6) is 17.2 Å². The maximum absolute atomic E-state index is 13.8. The van der Waals surface area contributed by atoms with E-state index in [1.54, 1.807) is 16.1 Å². The highest BCUT2D eigenvalue weighted by molar-refractivity contribution is 5.86. The molecule has 398 valence electrons. The van der Waals surface area contributed by atoms with Crippen molar-refractivity contribution in [1.82, 2.24) is 19.6 Å². The van der Waals surface area contributed by atoms with Crippen molar-refractivity contribution < 1.29 is 67.0 Å². The summed E-state index contributed by atoms with van der Waals surface area (Å²) in [5.41, 5.74) is 2.50. The minimum Gasteiger partial charge on any atom is -0.490 e. The number of rotatable bonds is 18. The number of ether oxygens (including phenoxy) is 7. The number of carbonyl (C=O) groups is 4. The molecule has 2 aliphatic carbocycles. The number of amides is 4. The number of morpholine rings is 2. The van der Waals surface area contributed by atoms with Crippen molar-refractivity contribution in [3.8, 4) is 17.2 Å². The Morgan fingerprint density at radius 1 is 0.681 bits per heavy atom. The zero-order valence-corrected chi connectivity index (χ0v) is 43.7. The van der Waals surface area contributed by atoms with Gasteiger partial charge < -0.3 is 67.4 Å². The van der Waals surface area contributed by atoms with Gasteiger partial charge in [-0.1, -0.05) is 0 Å². The molecule has 4 fully saturated rings. The van der Waals surface area contributed by atoms with E-state index in [2.05, 4.69) is 6.07 Å². The zero-order valence-electron chi connectivity index (χ0n) is 43.7. The van der Waals surface area contributed by atoms with Crippen LogP contribution in [0.15, 0.2) is 41.0 Å². The highest BCUT2D eigenvalue weighted by Crippen LogP contribution is 2.43. The molecule has 4 heterocycles. The maximum atomic E-state index is 13.8. The molecule has 0 bridgehead atoms. The van der Waals surface area contributed by atoms with Crippen molar-refractivity contribution in [2.75, 3.05) is 72.4 Å². The average molecular weight is 1010 g/mol. The molecule has 3 aromatic rings. The summed E-state index contributed by atoms with van der Waals surface area (Å²) in [5, 5.41) is 19.0. The monoisotopic (exact) mass is 1010 g/mol. The molecule has 4 amide bonds. The summed E-state index contributed by atoms with van der Waals surface area (Å²) in [5.74, 6) is 1.89. The summed E-state index contributed by atoms with van der Waals surface area (Å²) in [4.78, 5) is 59.7. The van der Waals surface area contributed by atoms with E-state index in [9.17, 15) is 19.2 Å². The van der Waals surface area contributed by atoms with Crippen LogP contribution in [0, 0.1) is 0 Å². The number of fused-ring (bicyclic) bond motifs is 2. The summed E-state index contributed by atoms with van der Waals surface area (Å²) >= 11 is 0. The second-order valence-electron chi connectivity index (χ2n) is 21.4. The normalized spacial score (nSPS) is 19.8. The van der Waals surface area contributed by atoms with Crippen molar-refractivity contribution in [2.45, 2.75) is 161 Å². The number of carbonyl (C=O) groups excluding carboxylic acids is 4. The standard InChI is InChI=1S/C27H40N2O7.C27H38N2O7/c2*1-18(20-15-19-9-13-35-24(19)22(16-20)33-12-6-5-11-30)29(21-7-8-21)25(31)23-17-28(10-14-34-23)26(32)36-27(2,3)4/h15-16,18,21,23,30H,5-14,17H2,1-4H3;9,13,15-16,18,21,23,30H,5-8,10-12,14,17H2,1-4H3/t2*18?,23-/m11/s1. The van der Waals surface area contributed by atoms with Crippen LogP contribution in [-0.2, 0) is 35.0 Å². The summed E-state index contributed by atoms with van der Waals surface area (Å²) in [6.45, 7) is 18.6. The minimum atomic E-state index is -0.735. The van der Waals surface area contributed by atoms with Crippen molar-refractivity contribution in [2.24, 2.45) is 0 Å². The highest BCUT2D eigenvalue weighted by Gasteiger charge is 2.44. The number of furan rings is 1. The molecule has 3 aliphatic heterocycles. The summed E-state index contributed by atoms with van der Waals surface area (Å²) < 4.78 is 46.2. The first-order valence-corrected chi connectivity index (χ1v) is 26.0. The zero-order chi connectivity index (χ0) is 51.7. The molecule has 72 heavy (non-hydrogen) atoms. The largest absolute Gasteiger partial charge is 0.490 e. The third-order valence-electron chi connectivity index (χ3n) is 13.1. The van der Waals surface area contributed by atoms with Crippen molar-refractivity contribution in [3.63, 3.8) is 0 Å². The number of nitrogens with zero attached hydrogens (tertiary/aromatic N) is 4. The molecule has 2 saturated heterocycles. The molecule has 2 saturated carbocycles. The van der Waals surface area contributed by atoms with Gasteiger partial charge in [0, 0.05) is 55.8 Å². The van der Waals surface area contributed by atoms with Crippen LogP contribution in [0.3, 0.4) is 0 Å². The van der Waals surface area contributed by atoms with E-state index in [1.165, 1.54) is 0 Å². The Bertz CT molecular complexity index is 2320. The molecule has 2 unspecified atom stereocenters. The Morgan fingerprint density at radius 3 is 1.65 bits per heavy atom. The van der Waals surface area contributed by atoms with Gasteiger partial charge in [-0.15, -0.1) is 0 Å². The molecule has 4 atom stereocenters. The van der Waals surface area contributed by atoms with Crippen LogP contribution < -0.4 is 14.2 Å². The first-order valence-electron chi connectivity index (χ1n) is 26.0. The van der Waals surface area contributed by atoms with E-state index in [4.69, 9.17) is 47.8 Å². The molecule has 2 aromatic carbocycles. The van der Waals surface area contributed by atoms with Crippen LogP contribution in [0.1, 0.15) is 136 Å². The van der Waals surface area contributed by atoms with Gasteiger partial charge in [-0.2, -0.15) is 0 Å². The smallest absolute Gasteiger partial charge is 0.410 e. The first kappa shape index (κ1) is 54.5. The third-order valence-corrected chi connectivity index (χ3v) is 13.1. The Hall–Kier alpha value is -5.30. The highest BCUT2D eigenvalue weighted by atomic mass is 16.6.